The summed E-state index contributed by atoms with van der Waals surface area (Å²) in [5, 5.41) is 18.2. The molecule has 0 heterocycles. The highest BCUT2D eigenvalue weighted by molar-refractivity contribution is 9.10. The Kier molecular flexibility index (Phi) is 11.7. The van der Waals surface area contributed by atoms with Gasteiger partial charge < -0.3 is 21.7 Å². The van der Waals surface area contributed by atoms with Crippen LogP contribution in [0.4, 0.5) is 11.4 Å². The van der Waals surface area contributed by atoms with Crippen molar-refractivity contribution in [2.75, 3.05) is 11.5 Å². The molecule has 0 saturated heterocycles. The Morgan fingerprint density at radius 1 is 0.481 bits per heavy atom. The molecule has 2 aliphatic rings. The van der Waals surface area contributed by atoms with E-state index in [1.807, 2.05) is 12.1 Å². The largest absolute Gasteiger partial charge is 0.399 e. The molecule has 4 nitrogen and oxygen atoms in total. The Hall–Kier alpha value is -4.62. The maximum atomic E-state index is 9.10. The lowest BCUT2D eigenvalue weighted by Crippen LogP contribution is -2.44. The van der Waals surface area contributed by atoms with Crippen LogP contribution in [0.5, 0.6) is 0 Å². The topological polar surface area (TPSA) is 92.5 Å². The highest BCUT2D eigenvalue weighted by atomic mass is 79.9. The standard InChI is InChI=1S/C21H19N.C15H13Br.C6H6BN.C6H14O2/c1-21(2)19-6-4-3-5-17(19)18-12-9-15(13-20(18)21)14-7-10-16(22)11-8-14;1-15(2)13-6-4-3-5-11(13)12-8-7-10(16)9-14(12)15;7-5-1-3-6(8)4-2-5;1-5(2,7)6(3,4)8/h3-13H,22H2,1-2H3;3-9H,1-2H3;1-4H,8H2;7-8H,1-4H3. The molecule has 0 fully saturated rings. The molecule has 2 radical (unpaired) electrons. The molecule has 0 amide bonds. The molecular formula is C48H52BBrN2O2. The van der Waals surface area contributed by atoms with E-state index in [9.17, 15) is 0 Å². The van der Waals surface area contributed by atoms with Gasteiger partial charge in [0.2, 0.25) is 0 Å². The van der Waals surface area contributed by atoms with Gasteiger partial charge in [-0.2, -0.15) is 0 Å². The van der Waals surface area contributed by atoms with E-state index in [2.05, 4.69) is 141 Å². The molecule has 0 aliphatic heterocycles. The third-order valence-electron chi connectivity index (χ3n) is 10.8. The lowest BCUT2D eigenvalue weighted by atomic mass is 9.81. The molecule has 6 heteroatoms. The van der Waals surface area contributed by atoms with E-state index in [-0.39, 0.29) is 10.8 Å². The van der Waals surface area contributed by atoms with E-state index in [0.29, 0.717) is 0 Å². The molecule has 54 heavy (non-hydrogen) atoms. The summed E-state index contributed by atoms with van der Waals surface area (Å²) in [7, 11) is 5.37. The van der Waals surface area contributed by atoms with Crippen molar-refractivity contribution in [3.05, 3.63) is 160 Å². The maximum absolute atomic E-state index is 9.10. The van der Waals surface area contributed by atoms with Crippen molar-refractivity contribution in [1.82, 2.24) is 0 Å². The van der Waals surface area contributed by atoms with E-state index in [1.54, 1.807) is 52.0 Å². The van der Waals surface area contributed by atoms with Crippen LogP contribution in [0.15, 0.2) is 138 Å². The number of benzene rings is 6. The van der Waals surface area contributed by atoms with Gasteiger partial charge in [-0.1, -0.05) is 140 Å². The van der Waals surface area contributed by atoms with E-state index in [1.165, 1.54) is 55.6 Å². The van der Waals surface area contributed by atoms with Gasteiger partial charge in [-0.15, -0.1) is 0 Å². The number of halogens is 1. The average molecular weight is 780 g/mol. The van der Waals surface area contributed by atoms with Crippen molar-refractivity contribution in [2.24, 2.45) is 0 Å². The molecule has 0 saturated carbocycles. The molecule has 6 aromatic carbocycles. The second-order valence-corrected chi connectivity index (χ2v) is 17.1. The lowest BCUT2D eigenvalue weighted by molar-refractivity contribution is -0.107. The summed E-state index contributed by atoms with van der Waals surface area (Å²) in [6.07, 6.45) is 0. The highest BCUT2D eigenvalue weighted by Crippen LogP contribution is 2.50. The lowest BCUT2D eigenvalue weighted by Gasteiger charge is -2.31. The number of aliphatic hydroxyl groups is 2. The van der Waals surface area contributed by atoms with Crippen LogP contribution in [0.1, 0.15) is 77.6 Å². The van der Waals surface area contributed by atoms with Gasteiger partial charge in [-0.05, 0) is 126 Å². The first kappa shape index (κ1) is 40.6. The second-order valence-electron chi connectivity index (χ2n) is 16.2. The Balaban J connectivity index is 0.000000153. The van der Waals surface area contributed by atoms with Crippen molar-refractivity contribution in [2.45, 2.75) is 77.4 Å². The van der Waals surface area contributed by atoms with Gasteiger partial charge >= 0.3 is 0 Å². The zero-order chi connectivity index (χ0) is 39.6. The van der Waals surface area contributed by atoms with Crippen molar-refractivity contribution in [1.29, 1.82) is 0 Å². The SMILES string of the molecule is CC(C)(O)C(C)(C)O.CC1(C)c2ccccc2-c2ccc(-c3ccc(N)cc3)cc21.CC1(C)c2ccccc2-c2ccc(Br)cc21.[B]c1ccc(N)cc1. The summed E-state index contributed by atoms with van der Waals surface area (Å²) in [6.45, 7) is 15.5. The van der Waals surface area contributed by atoms with Gasteiger partial charge in [0.15, 0.2) is 0 Å². The second kappa shape index (κ2) is 15.6. The predicted octanol–water partition coefficient (Wildman–Crippen LogP) is 10.6. The molecule has 2 aliphatic carbocycles. The zero-order valence-electron chi connectivity index (χ0n) is 32.7. The van der Waals surface area contributed by atoms with Crippen LogP contribution in [-0.2, 0) is 10.8 Å². The minimum absolute atomic E-state index is 0.0513. The van der Waals surface area contributed by atoms with Gasteiger partial charge in [0.05, 0.1) is 11.2 Å². The van der Waals surface area contributed by atoms with Gasteiger partial charge in [0.25, 0.3) is 0 Å². The highest BCUT2D eigenvalue weighted by Gasteiger charge is 2.36. The van der Waals surface area contributed by atoms with E-state index in [0.717, 1.165) is 21.3 Å². The Bertz CT molecular complexity index is 2200. The summed E-state index contributed by atoms with van der Waals surface area (Å²) in [5.74, 6) is 0. The van der Waals surface area contributed by atoms with E-state index < -0.39 is 11.2 Å². The quantitative estimate of drug-likeness (QED) is 0.104. The number of hydrogen-bond donors (Lipinski definition) is 4. The molecule has 6 N–H and O–H groups in total. The van der Waals surface area contributed by atoms with Crippen LogP contribution >= 0.6 is 15.9 Å². The number of nitrogens with two attached hydrogens (primary N) is 2. The molecule has 276 valence electrons. The predicted molar refractivity (Wildman–Crippen MR) is 234 cm³/mol. The average Bonchev–Trinajstić information content (AvgIpc) is 3.49. The van der Waals surface area contributed by atoms with Crippen molar-refractivity contribution < 1.29 is 10.2 Å². The molecule has 0 bridgehead atoms. The van der Waals surface area contributed by atoms with Crippen molar-refractivity contribution in [3.63, 3.8) is 0 Å². The van der Waals surface area contributed by atoms with Crippen LogP contribution in [0, 0.1) is 0 Å². The molecule has 0 aromatic heterocycles. The van der Waals surface area contributed by atoms with Crippen LogP contribution < -0.4 is 16.9 Å². The first-order valence-corrected chi connectivity index (χ1v) is 19.1. The molecule has 0 atom stereocenters. The fourth-order valence-electron chi connectivity index (χ4n) is 6.73. The normalized spacial score (nSPS) is 14.0. The Labute approximate surface area is 331 Å². The fraction of sp³-hybridized carbons (Fsp3) is 0.250. The Morgan fingerprint density at radius 3 is 1.30 bits per heavy atom. The zero-order valence-corrected chi connectivity index (χ0v) is 34.3. The summed E-state index contributed by atoms with van der Waals surface area (Å²) in [6, 6.07) is 46.0. The van der Waals surface area contributed by atoms with Crippen LogP contribution in [0.25, 0.3) is 33.4 Å². The van der Waals surface area contributed by atoms with Gasteiger partial charge in [0, 0.05) is 26.7 Å². The van der Waals surface area contributed by atoms with E-state index >= 15 is 0 Å². The summed E-state index contributed by atoms with van der Waals surface area (Å²) in [5.41, 5.74) is 25.3. The minimum Gasteiger partial charge on any atom is -0.399 e. The third-order valence-corrected chi connectivity index (χ3v) is 11.3. The number of hydrogen-bond acceptors (Lipinski definition) is 4. The summed E-state index contributed by atoms with van der Waals surface area (Å²) >= 11 is 3.56. The van der Waals surface area contributed by atoms with Gasteiger partial charge in [0.1, 0.15) is 7.85 Å². The fourth-order valence-corrected chi connectivity index (χ4v) is 7.09. The van der Waals surface area contributed by atoms with Crippen LogP contribution in [0.2, 0.25) is 0 Å². The number of fused-ring (bicyclic) bond motifs is 6. The number of rotatable bonds is 2. The van der Waals surface area contributed by atoms with Crippen molar-refractivity contribution in [3.8, 4) is 33.4 Å². The minimum atomic E-state index is -1.01. The monoisotopic (exact) mass is 778 g/mol. The number of anilines is 2. The third kappa shape index (κ3) is 8.68. The van der Waals surface area contributed by atoms with Gasteiger partial charge in [-0.25, -0.2) is 0 Å². The molecule has 0 spiro atoms. The van der Waals surface area contributed by atoms with Crippen molar-refractivity contribution >= 4 is 40.6 Å². The van der Waals surface area contributed by atoms with Gasteiger partial charge in [-0.3, -0.25) is 0 Å². The molecule has 0 unspecified atom stereocenters. The van der Waals surface area contributed by atoms with Crippen LogP contribution in [0.3, 0.4) is 0 Å². The maximum Gasteiger partial charge on any atom is 0.113 e. The molecule has 6 aromatic rings. The Morgan fingerprint density at radius 2 is 0.852 bits per heavy atom. The summed E-state index contributed by atoms with van der Waals surface area (Å²) < 4.78 is 1.16. The summed E-state index contributed by atoms with van der Waals surface area (Å²) in [4.78, 5) is 0. The first-order chi connectivity index (χ1) is 25.2. The smallest absolute Gasteiger partial charge is 0.113 e. The first-order valence-electron chi connectivity index (χ1n) is 18.3. The van der Waals surface area contributed by atoms with E-state index in [4.69, 9.17) is 29.5 Å². The van der Waals surface area contributed by atoms with Crippen LogP contribution in [-0.4, -0.2) is 29.3 Å². The molecular weight excluding hydrogens is 727 g/mol. The molecule has 8 rings (SSSR count). The number of nitrogen functional groups attached to an aromatic ring is 2.